The van der Waals surface area contributed by atoms with Crippen molar-refractivity contribution >= 4 is 41.2 Å². The molecule has 0 radical (unpaired) electrons. The van der Waals surface area contributed by atoms with E-state index >= 15 is 0 Å². The van der Waals surface area contributed by atoms with Gasteiger partial charge in [-0.25, -0.2) is 4.79 Å². The van der Waals surface area contributed by atoms with Crippen molar-refractivity contribution in [3.63, 3.8) is 0 Å². The number of esters is 1. The van der Waals surface area contributed by atoms with Crippen LogP contribution in [0.25, 0.3) is 6.08 Å². The smallest absolute Gasteiger partial charge is 0.349 e. The number of nitrogens with zero attached hydrogens (tertiary/aromatic N) is 1. The van der Waals surface area contributed by atoms with Crippen LogP contribution in [-0.4, -0.2) is 45.9 Å². The molecular weight excluding hydrogens is 459 g/mol. The third-order valence-electron chi connectivity index (χ3n) is 3.92. The van der Waals surface area contributed by atoms with Gasteiger partial charge in [-0.15, -0.1) is 0 Å². The summed E-state index contributed by atoms with van der Waals surface area (Å²) in [6, 6.07) is 11.0. The Morgan fingerprint density at radius 1 is 1.09 bits per heavy atom. The van der Waals surface area contributed by atoms with E-state index in [1.54, 1.807) is 18.2 Å². The summed E-state index contributed by atoms with van der Waals surface area (Å²) < 4.78 is 20.7. The normalized spacial score (nSPS) is 10.8. The Morgan fingerprint density at radius 3 is 2.56 bits per heavy atom. The van der Waals surface area contributed by atoms with Crippen LogP contribution < -0.4 is 19.5 Å². The fraction of sp³-hybridized carbons (Fsp3) is 0.227. The van der Waals surface area contributed by atoms with Gasteiger partial charge < -0.3 is 24.3 Å². The Labute approximate surface area is 195 Å². The maximum atomic E-state index is 12.2. The topological polar surface area (TPSA) is 107 Å². The van der Waals surface area contributed by atoms with Crippen LogP contribution in [0.2, 0.25) is 10.0 Å². The predicted molar refractivity (Wildman–Crippen MR) is 119 cm³/mol. The predicted octanol–water partition coefficient (Wildman–Crippen LogP) is 3.66. The quantitative estimate of drug-likeness (QED) is 0.182. The van der Waals surface area contributed by atoms with E-state index in [4.69, 9.17) is 42.1 Å². The minimum absolute atomic E-state index is 0.0975. The SMILES string of the molecule is COCCNC(=O)/C(C#N)=C/c1ccc(OC(=O)COc2cc(Cl)ccc2Cl)c(OC)c1. The number of nitriles is 1. The second-order valence-corrected chi connectivity index (χ2v) is 7.01. The first-order valence-corrected chi connectivity index (χ1v) is 9.99. The minimum atomic E-state index is -0.696. The van der Waals surface area contributed by atoms with Crippen molar-refractivity contribution in [2.45, 2.75) is 0 Å². The summed E-state index contributed by atoms with van der Waals surface area (Å²) in [5.74, 6) is -0.617. The molecule has 0 spiro atoms. The first kappa shape index (κ1) is 25.0. The van der Waals surface area contributed by atoms with Gasteiger partial charge in [0, 0.05) is 24.7 Å². The van der Waals surface area contributed by atoms with E-state index < -0.39 is 18.5 Å². The number of benzene rings is 2. The summed E-state index contributed by atoms with van der Waals surface area (Å²) in [5, 5.41) is 12.5. The van der Waals surface area contributed by atoms with Gasteiger partial charge in [-0.2, -0.15) is 5.26 Å². The van der Waals surface area contributed by atoms with Gasteiger partial charge in [-0.3, -0.25) is 4.79 Å². The molecule has 0 aliphatic rings. The van der Waals surface area contributed by atoms with Gasteiger partial charge in [0.1, 0.15) is 17.4 Å². The summed E-state index contributed by atoms with van der Waals surface area (Å²) in [5.41, 5.74) is 0.404. The Bertz CT molecular complexity index is 1050. The highest BCUT2D eigenvalue weighted by Crippen LogP contribution is 2.30. The minimum Gasteiger partial charge on any atom is -0.493 e. The zero-order valence-electron chi connectivity index (χ0n) is 17.3. The number of carbonyl (C=O) groups is 2. The molecule has 0 saturated carbocycles. The highest BCUT2D eigenvalue weighted by atomic mass is 35.5. The second kappa shape index (κ2) is 12.6. The lowest BCUT2D eigenvalue weighted by Gasteiger charge is -2.11. The lowest BCUT2D eigenvalue weighted by Crippen LogP contribution is -2.27. The van der Waals surface area contributed by atoms with Crippen molar-refractivity contribution in [2.24, 2.45) is 0 Å². The molecule has 0 aromatic heterocycles. The van der Waals surface area contributed by atoms with E-state index in [0.717, 1.165) is 0 Å². The van der Waals surface area contributed by atoms with Crippen LogP contribution in [0.3, 0.4) is 0 Å². The van der Waals surface area contributed by atoms with Crippen molar-refractivity contribution < 1.29 is 28.5 Å². The van der Waals surface area contributed by atoms with Crippen LogP contribution in [-0.2, 0) is 14.3 Å². The van der Waals surface area contributed by atoms with E-state index in [2.05, 4.69) is 5.32 Å². The van der Waals surface area contributed by atoms with E-state index in [1.807, 2.05) is 6.07 Å². The molecule has 0 atom stereocenters. The number of nitrogens with one attached hydrogen (secondary N) is 1. The number of hydrogen-bond acceptors (Lipinski definition) is 7. The molecule has 10 heteroatoms. The summed E-state index contributed by atoms with van der Waals surface area (Å²) in [7, 11) is 2.90. The molecule has 2 rings (SSSR count). The molecule has 0 aliphatic heterocycles. The lowest BCUT2D eigenvalue weighted by atomic mass is 10.1. The average molecular weight is 479 g/mol. The number of rotatable bonds is 10. The summed E-state index contributed by atoms with van der Waals surface area (Å²) in [6.45, 7) is 0.186. The number of amides is 1. The van der Waals surface area contributed by atoms with Gasteiger partial charge in [-0.1, -0.05) is 29.3 Å². The molecule has 0 saturated heterocycles. The van der Waals surface area contributed by atoms with Crippen molar-refractivity contribution in [1.82, 2.24) is 5.32 Å². The maximum Gasteiger partial charge on any atom is 0.349 e. The van der Waals surface area contributed by atoms with Crippen LogP contribution in [0.4, 0.5) is 0 Å². The van der Waals surface area contributed by atoms with Gasteiger partial charge in [0.2, 0.25) is 0 Å². The first-order valence-electron chi connectivity index (χ1n) is 9.23. The fourth-order valence-electron chi connectivity index (χ4n) is 2.41. The maximum absolute atomic E-state index is 12.2. The number of ether oxygens (including phenoxy) is 4. The largest absolute Gasteiger partial charge is 0.493 e. The summed E-state index contributed by atoms with van der Waals surface area (Å²) in [6.07, 6.45) is 1.39. The lowest BCUT2D eigenvalue weighted by molar-refractivity contribution is -0.136. The number of methoxy groups -OCH3 is 2. The zero-order chi connectivity index (χ0) is 23.5. The Morgan fingerprint density at radius 2 is 1.88 bits per heavy atom. The zero-order valence-corrected chi connectivity index (χ0v) is 18.8. The second-order valence-electron chi connectivity index (χ2n) is 6.17. The molecular formula is C22H20Cl2N2O6. The van der Waals surface area contributed by atoms with Crippen molar-refractivity contribution in [3.8, 4) is 23.3 Å². The molecule has 0 unspecified atom stereocenters. The molecule has 2 aromatic rings. The van der Waals surface area contributed by atoms with Crippen LogP contribution in [0.15, 0.2) is 42.0 Å². The summed E-state index contributed by atoms with van der Waals surface area (Å²) >= 11 is 11.9. The third kappa shape index (κ3) is 7.46. The standard InChI is InChI=1S/C22H20Cl2N2O6/c1-29-8-7-26-22(28)15(12-25)9-14-3-6-18(20(10-14)30-2)32-21(27)13-31-19-11-16(23)4-5-17(19)24/h3-6,9-11H,7-8,13H2,1-2H3,(H,26,28)/b15-9+. The van der Waals surface area contributed by atoms with Gasteiger partial charge in [-0.05, 0) is 35.9 Å². The highest BCUT2D eigenvalue weighted by Gasteiger charge is 2.14. The highest BCUT2D eigenvalue weighted by molar-refractivity contribution is 6.34. The van der Waals surface area contributed by atoms with Crippen LogP contribution in [0.5, 0.6) is 17.2 Å². The van der Waals surface area contributed by atoms with E-state index in [0.29, 0.717) is 22.2 Å². The molecule has 0 bridgehead atoms. The van der Waals surface area contributed by atoms with Gasteiger partial charge in [0.05, 0.1) is 18.7 Å². The van der Waals surface area contributed by atoms with Crippen LogP contribution in [0, 0.1) is 11.3 Å². The molecule has 0 aliphatic carbocycles. The number of halogens is 2. The number of hydrogen-bond donors (Lipinski definition) is 1. The fourth-order valence-corrected chi connectivity index (χ4v) is 2.75. The van der Waals surface area contributed by atoms with E-state index in [-0.39, 0.29) is 29.4 Å². The monoisotopic (exact) mass is 478 g/mol. The van der Waals surface area contributed by atoms with Gasteiger partial charge >= 0.3 is 5.97 Å². The molecule has 0 heterocycles. The molecule has 1 N–H and O–H groups in total. The molecule has 168 valence electrons. The Hall–Kier alpha value is -3.25. The third-order valence-corrected chi connectivity index (χ3v) is 4.47. The Balaban J connectivity index is 2.07. The summed E-state index contributed by atoms with van der Waals surface area (Å²) in [4.78, 5) is 24.2. The molecule has 32 heavy (non-hydrogen) atoms. The van der Waals surface area contributed by atoms with Crippen LogP contribution in [0.1, 0.15) is 5.56 Å². The van der Waals surface area contributed by atoms with E-state index in [1.165, 1.54) is 38.5 Å². The average Bonchev–Trinajstić information content (AvgIpc) is 2.78. The van der Waals surface area contributed by atoms with Gasteiger partial charge in [0.25, 0.3) is 5.91 Å². The van der Waals surface area contributed by atoms with E-state index in [9.17, 15) is 14.9 Å². The van der Waals surface area contributed by atoms with Crippen LogP contribution >= 0.6 is 23.2 Å². The van der Waals surface area contributed by atoms with Crippen molar-refractivity contribution in [1.29, 1.82) is 5.26 Å². The first-order chi connectivity index (χ1) is 15.4. The Kier molecular flexibility index (Phi) is 9.82. The molecule has 2 aromatic carbocycles. The molecule has 0 fully saturated rings. The molecule has 8 nitrogen and oxygen atoms in total. The number of carbonyl (C=O) groups excluding carboxylic acids is 2. The molecule has 1 amide bonds. The van der Waals surface area contributed by atoms with Crippen molar-refractivity contribution in [3.05, 3.63) is 57.6 Å². The van der Waals surface area contributed by atoms with Gasteiger partial charge in [0.15, 0.2) is 18.1 Å². The van der Waals surface area contributed by atoms with Crippen molar-refractivity contribution in [2.75, 3.05) is 34.0 Å².